The fourth-order valence-electron chi connectivity index (χ4n) is 3.10. The standard InChI is InChI=1S/C17H19N3O2/c1-12-7-14(17(21)22)10-20(9-12)16-15(8-18-11-19-16)13-5-3-2-4-6-13/h2-6,8,11-12,14H,7,9-10H2,1H3,(H,21,22). The average molecular weight is 297 g/mol. The molecule has 0 aliphatic carbocycles. The minimum Gasteiger partial charge on any atom is -0.481 e. The number of hydrogen-bond donors (Lipinski definition) is 1. The van der Waals surface area contributed by atoms with Crippen molar-refractivity contribution in [2.75, 3.05) is 18.0 Å². The van der Waals surface area contributed by atoms with Crippen molar-refractivity contribution < 1.29 is 9.90 Å². The highest BCUT2D eigenvalue weighted by Gasteiger charge is 2.31. The number of aliphatic carboxylic acids is 1. The molecule has 1 aliphatic heterocycles. The molecule has 0 amide bonds. The van der Waals surface area contributed by atoms with Gasteiger partial charge in [0.1, 0.15) is 12.1 Å². The Balaban J connectivity index is 1.96. The van der Waals surface area contributed by atoms with Crippen LogP contribution < -0.4 is 4.90 Å². The molecule has 1 aromatic heterocycles. The summed E-state index contributed by atoms with van der Waals surface area (Å²) in [5.74, 6) is 0.0710. The summed E-state index contributed by atoms with van der Waals surface area (Å²) in [7, 11) is 0. The Bertz CT molecular complexity index is 660. The summed E-state index contributed by atoms with van der Waals surface area (Å²) in [5.41, 5.74) is 1.99. The van der Waals surface area contributed by atoms with Crippen molar-refractivity contribution in [2.45, 2.75) is 13.3 Å². The zero-order valence-electron chi connectivity index (χ0n) is 12.5. The van der Waals surface area contributed by atoms with E-state index in [4.69, 9.17) is 0 Å². The van der Waals surface area contributed by atoms with E-state index in [1.807, 2.05) is 30.3 Å². The minimum absolute atomic E-state index is 0.327. The highest BCUT2D eigenvalue weighted by atomic mass is 16.4. The lowest BCUT2D eigenvalue weighted by atomic mass is 9.90. The topological polar surface area (TPSA) is 66.3 Å². The normalized spacial score (nSPS) is 21.6. The zero-order valence-corrected chi connectivity index (χ0v) is 12.5. The molecule has 0 bridgehead atoms. The molecule has 1 aromatic carbocycles. The first-order valence-corrected chi connectivity index (χ1v) is 7.48. The Morgan fingerprint density at radius 2 is 2.05 bits per heavy atom. The molecule has 2 unspecified atom stereocenters. The van der Waals surface area contributed by atoms with Gasteiger partial charge in [-0.3, -0.25) is 4.79 Å². The van der Waals surface area contributed by atoms with Crippen LogP contribution in [0.5, 0.6) is 0 Å². The van der Waals surface area contributed by atoms with E-state index in [1.165, 1.54) is 6.33 Å². The maximum atomic E-state index is 11.4. The molecule has 1 aliphatic rings. The van der Waals surface area contributed by atoms with E-state index in [2.05, 4.69) is 21.8 Å². The second-order valence-corrected chi connectivity index (χ2v) is 5.91. The molecule has 0 radical (unpaired) electrons. The smallest absolute Gasteiger partial charge is 0.308 e. The molecule has 0 spiro atoms. The van der Waals surface area contributed by atoms with Crippen molar-refractivity contribution in [3.8, 4) is 11.1 Å². The van der Waals surface area contributed by atoms with Crippen molar-refractivity contribution >= 4 is 11.8 Å². The molecule has 1 fully saturated rings. The number of anilines is 1. The number of hydrogen-bond acceptors (Lipinski definition) is 4. The van der Waals surface area contributed by atoms with Crippen LogP contribution in [0.2, 0.25) is 0 Å². The SMILES string of the molecule is CC1CC(C(=O)O)CN(c2ncncc2-c2ccccc2)C1. The van der Waals surface area contributed by atoms with E-state index in [-0.39, 0.29) is 5.92 Å². The summed E-state index contributed by atoms with van der Waals surface area (Å²) in [4.78, 5) is 22.0. The molecule has 2 atom stereocenters. The van der Waals surface area contributed by atoms with Gasteiger partial charge in [0.15, 0.2) is 0 Å². The first-order valence-electron chi connectivity index (χ1n) is 7.48. The molecule has 2 heterocycles. The van der Waals surface area contributed by atoms with E-state index in [1.54, 1.807) is 6.20 Å². The first-order chi connectivity index (χ1) is 10.6. The summed E-state index contributed by atoms with van der Waals surface area (Å²) in [6, 6.07) is 9.96. The number of benzene rings is 1. The Morgan fingerprint density at radius 3 is 2.77 bits per heavy atom. The number of nitrogens with zero attached hydrogens (tertiary/aromatic N) is 3. The number of piperidine rings is 1. The Hall–Kier alpha value is -2.43. The van der Waals surface area contributed by atoms with Crippen LogP contribution in [0.3, 0.4) is 0 Å². The first kappa shape index (κ1) is 14.5. The van der Waals surface area contributed by atoms with Crippen LogP contribution in [0.15, 0.2) is 42.9 Å². The Labute approximate surface area is 129 Å². The third kappa shape index (κ3) is 2.93. The van der Waals surface area contributed by atoms with Crippen molar-refractivity contribution in [1.82, 2.24) is 9.97 Å². The molecular weight excluding hydrogens is 278 g/mol. The zero-order chi connectivity index (χ0) is 15.5. The summed E-state index contributed by atoms with van der Waals surface area (Å²) < 4.78 is 0. The summed E-state index contributed by atoms with van der Waals surface area (Å²) in [5, 5.41) is 9.35. The predicted molar refractivity (Wildman–Crippen MR) is 84.6 cm³/mol. The van der Waals surface area contributed by atoms with Crippen LogP contribution in [0.1, 0.15) is 13.3 Å². The van der Waals surface area contributed by atoms with Gasteiger partial charge in [-0.2, -0.15) is 0 Å². The fraction of sp³-hybridized carbons (Fsp3) is 0.353. The number of rotatable bonds is 3. The molecule has 22 heavy (non-hydrogen) atoms. The maximum absolute atomic E-state index is 11.4. The highest BCUT2D eigenvalue weighted by Crippen LogP contribution is 2.32. The van der Waals surface area contributed by atoms with Crippen LogP contribution in [-0.2, 0) is 4.79 Å². The monoisotopic (exact) mass is 297 g/mol. The lowest BCUT2D eigenvalue weighted by Gasteiger charge is -2.36. The predicted octanol–water partition coefficient (Wildman–Crippen LogP) is 2.69. The number of carbonyl (C=O) groups is 1. The van der Waals surface area contributed by atoms with Gasteiger partial charge in [-0.15, -0.1) is 0 Å². The summed E-state index contributed by atoms with van der Waals surface area (Å²) in [6.45, 7) is 3.41. The van der Waals surface area contributed by atoms with E-state index in [0.717, 1.165) is 29.9 Å². The van der Waals surface area contributed by atoms with Crippen LogP contribution >= 0.6 is 0 Å². The highest BCUT2D eigenvalue weighted by molar-refractivity contribution is 5.76. The molecule has 1 N–H and O–H groups in total. The van der Waals surface area contributed by atoms with Crippen LogP contribution in [-0.4, -0.2) is 34.1 Å². The van der Waals surface area contributed by atoms with Crippen molar-refractivity contribution in [3.05, 3.63) is 42.9 Å². The van der Waals surface area contributed by atoms with Crippen molar-refractivity contribution in [2.24, 2.45) is 11.8 Å². The molecule has 5 nitrogen and oxygen atoms in total. The van der Waals surface area contributed by atoms with Crippen LogP contribution in [0, 0.1) is 11.8 Å². The van der Waals surface area contributed by atoms with Gasteiger partial charge in [0, 0.05) is 24.8 Å². The molecule has 0 saturated carbocycles. The third-order valence-corrected chi connectivity index (χ3v) is 4.08. The second-order valence-electron chi connectivity index (χ2n) is 5.91. The van der Waals surface area contributed by atoms with Crippen molar-refractivity contribution in [3.63, 3.8) is 0 Å². The van der Waals surface area contributed by atoms with Gasteiger partial charge in [-0.25, -0.2) is 9.97 Å². The van der Waals surface area contributed by atoms with Gasteiger partial charge >= 0.3 is 5.97 Å². The molecule has 3 rings (SSSR count). The van der Waals surface area contributed by atoms with Gasteiger partial charge in [-0.05, 0) is 17.9 Å². The maximum Gasteiger partial charge on any atom is 0.308 e. The van der Waals surface area contributed by atoms with E-state index in [9.17, 15) is 9.90 Å². The Kier molecular flexibility index (Phi) is 4.04. The average Bonchev–Trinajstić information content (AvgIpc) is 2.55. The van der Waals surface area contributed by atoms with Crippen molar-refractivity contribution in [1.29, 1.82) is 0 Å². The summed E-state index contributed by atoms with van der Waals surface area (Å²) >= 11 is 0. The van der Waals surface area contributed by atoms with Gasteiger partial charge in [0.05, 0.1) is 5.92 Å². The number of carboxylic acid groups (broad SMARTS) is 1. The number of aromatic nitrogens is 2. The lowest BCUT2D eigenvalue weighted by Crippen LogP contribution is -2.43. The lowest BCUT2D eigenvalue weighted by molar-refractivity contribution is -0.142. The van der Waals surface area contributed by atoms with Gasteiger partial charge in [0.25, 0.3) is 0 Å². The molecule has 5 heteroatoms. The fourth-order valence-corrected chi connectivity index (χ4v) is 3.10. The Morgan fingerprint density at radius 1 is 1.27 bits per heavy atom. The van der Waals surface area contributed by atoms with Gasteiger partial charge in [0.2, 0.25) is 0 Å². The summed E-state index contributed by atoms with van der Waals surface area (Å²) in [6.07, 6.45) is 4.04. The second kappa shape index (κ2) is 6.13. The largest absolute Gasteiger partial charge is 0.481 e. The van der Waals surface area contributed by atoms with Gasteiger partial charge < -0.3 is 10.0 Å². The minimum atomic E-state index is -0.730. The molecule has 114 valence electrons. The molecular formula is C17H19N3O2. The molecule has 2 aromatic rings. The van der Waals surface area contributed by atoms with Crippen LogP contribution in [0.4, 0.5) is 5.82 Å². The van der Waals surface area contributed by atoms with E-state index < -0.39 is 5.97 Å². The quantitative estimate of drug-likeness (QED) is 0.943. The van der Waals surface area contributed by atoms with E-state index >= 15 is 0 Å². The van der Waals surface area contributed by atoms with E-state index in [0.29, 0.717) is 12.5 Å². The van der Waals surface area contributed by atoms with Crippen LogP contribution in [0.25, 0.3) is 11.1 Å². The molecule has 1 saturated heterocycles. The third-order valence-electron chi connectivity index (χ3n) is 4.08. The van der Waals surface area contributed by atoms with Gasteiger partial charge in [-0.1, -0.05) is 37.3 Å². The number of carboxylic acids is 1.